The summed E-state index contributed by atoms with van der Waals surface area (Å²) in [6.45, 7) is 1.50. The number of benzene rings is 2. The van der Waals surface area contributed by atoms with E-state index in [0.717, 1.165) is 12.1 Å². The number of hydrogen-bond donors (Lipinski definition) is 1. The lowest BCUT2D eigenvalue weighted by Gasteiger charge is -2.15. The molecule has 12 heteroatoms. The van der Waals surface area contributed by atoms with Crippen LogP contribution in [-0.2, 0) is 14.1 Å². The van der Waals surface area contributed by atoms with Crippen LogP contribution in [0.2, 0.25) is 0 Å². The van der Waals surface area contributed by atoms with Crippen LogP contribution in [0.4, 0.5) is 22.0 Å². The van der Waals surface area contributed by atoms with Crippen LogP contribution in [0.1, 0.15) is 6.92 Å². The van der Waals surface area contributed by atoms with Gasteiger partial charge in [0.05, 0.1) is 12.8 Å². The minimum Gasteiger partial charge on any atom is -0.464 e. The average molecular weight is 437 g/mol. The Morgan fingerprint density at radius 2 is 1.55 bits per heavy atom. The van der Waals surface area contributed by atoms with Crippen molar-refractivity contribution in [1.82, 2.24) is 0 Å². The number of hydrogen-bond acceptors (Lipinski definition) is 6. The number of nitrogens with two attached hydrogens (primary N) is 1. The molecule has 2 atom stereocenters. The molecule has 2 N–H and O–H groups in total. The van der Waals surface area contributed by atoms with Crippen molar-refractivity contribution in [2.24, 2.45) is 5.73 Å². The van der Waals surface area contributed by atoms with Gasteiger partial charge in [-0.05, 0) is 19.1 Å². The van der Waals surface area contributed by atoms with Gasteiger partial charge in [0.1, 0.15) is 0 Å². The Morgan fingerprint density at radius 3 is 2.10 bits per heavy atom. The minimum absolute atomic E-state index is 0.0161. The van der Waals surface area contributed by atoms with E-state index in [9.17, 15) is 31.3 Å². The second-order valence-corrected chi connectivity index (χ2v) is 8.66. The van der Waals surface area contributed by atoms with Gasteiger partial charge >= 0.3 is 5.97 Å². The van der Waals surface area contributed by atoms with E-state index in [1.165, 1.54) is 19.1 Å². The maximum atomic E-state index is 13.9. The van der Waals surface area contributed by atoms with E-state index in [0.29, 0.717) is 0 Å². The number of rotatable bonds is 6. The van der Waals surface area contributed by atoms with Crippen LogP contribution in [0.5, 0.6) is 17.2 Å². The topological polar surface area (TPSA) is 87.9 Å². The van der Waals surface area contributed by atoms with E-state index < -0.39 is 59.2 Å². The number of para-hydroxylation sites is 2. The van der Waals surface area contributed by atoms with Gasteiger partial charge in [0.2, 0.25) is 40.1 Å². The summed E-state index contributed by atoms with van der Waals surface area (Å²) < 4.78 is 95.2. The summed E-state index contributed by atoms with van der Waals surface area (Å²) in [5.74, 6) is -14.6. The van der Waals surface area contributed by atoms with Crippen LogP contribution in [0.15, 0.2) is 24.3 Å². The Kier molecular flexibility index (Phi) is 5.31. The molecule has 156 valence electrons. The zero-order valence-electron chi connectivity index (χ0n) is 14.7. The maximum Gasteiger partial charge on any atom is 0.338 e. The molecule has 3 rings (SSSR count). The lowest BCUT2D eigenvalue weighted by molar-refractivity contribution is -0.144. The van der Waals surface area contributed by atoms with Crippen molar-refractivity contribution in [2.45, 2.75) is 12.2 Å². The second kappa shape index (κ2) is 7.31. The summed E-state index contributed by atoms with van der Waals surface area (Å²) in [6, 6.07) is 4.90. The molecule has 0 aliphatic carbocycles. The first-order chi connectivity index (χ1) is 13.6. The third-order valence-electron chi connectivity index (χ3n) is 4.06. The Bertz CT molecular complexity index is 1020. The summed E-state index contributed by atoms with van der Waals surface area (Å²) in [5, 5.41) is -1.90. The quantitative estimate of drug-likeness (QED) is 0.241. The van der Waals surface area contributed by atoms with Crippen molar-refractivity contribution in [2.75, 3.05) is 12.8 Å². The fourth-order valence-electron chi connectivity index (χ4n) is 2.41. The summed E-state index contributed by atoms with van der Waals surface area (Å²) in [4.78, 5) is 11.9. The zero-order chi connectivity index (χ0) is 21.6. The lowest BCUT2D eigenvalue weighted by atomic mass is 10.2. The second-order valence-electron chi connectivity index (χ2n) is 6.02. The smallest absolute Gasteiger partial charge is 0.338 e. The molecular weight excluding hydrogens is 424 g/mol. The van der Waals surface area contributed by atoms with Crippen molar-refractivity contribution in [3.05, 3.63) is 53.4 Å². The van der Waals surface area contributed by atoms with Gasteiger partial charge < -0.3 is 19.7 Å². The van der Waals surface area contributed by atoms with Gasteiger partial charge in [-0.15, -0.1) is 0 Å². The Labute approximate surface area is 160 Å². The molecule has 1 heterocycles. The Morgan fingerprint density at radius 1 is 1.03 bits per heavy atom. The molecule has 1 fully saturated rings. The maximum absolute atomic E-state index is 13.9. The van der Waals surface area contributed by atoms with E-state index in [1.54, 1.807) is 0 Å². The van der Waals surface area contributed by atoms with Crippen LogP contribution in [0.25, 0.3) is 0 Å². The van der Waals surface area contributed by atoms with Crippen LogP contribution in [-0.4, -0.2) is 24.0 Å². The number of carbonyl (C=O) groups is 1. The average Bonchev–Trinajstić information content (AvgIpc) is 3.25. The number of ether oxygens (including phenoxy) is 2. The third kappa shape index (κ3) is 3.44. The van der Waals surface area contributed by atoms with Crippen molar-refractivity contribution >= 4 is 13.3 Å². The molecule has 6 nitrogen and oxygen atoms in total. The molecular formula is C17H13F5NO5P. The van der Waals surface area contributed by atoms with Gasteiger partial charge in [0, 0.05) is 0 Å². The molecule has 2 aromatic carbocycles. The highest BCUT2D eigenvalue weighted by Gasteiger charge is 2.72. The van der Waals surface area contributed by atoms with Crippen LogP contribution in [0.3, 0.4) is 0 Å². The molecule has 0 radical (unpaired) electrons. The van der Waals surface area contributed by atoms with Gasteiger partial charge in [0.25, 0.3) is 7.37 Å². The molecule has 0 amide bonds. The number of halogens is 5. The number of esters is 1. The molecule has 2 aromatic rings. The van der Waals surface area contributed by atoms with Gasteiger partial charge in [-0.25, -0.2) is 18.0 Å². The standard InChI is InChI=1S/C17H13F5NO5P/c1-2-26-16(24)17(23)7-29(17,25)28-9-6-4-3-5-8(9)27-15-13(21)11(19)10(18)12(20)14(15)22/h3-6H,2,7,23H2,1H3/t17-,29?/m1/s1. The van der Waals surface area contributed by atoms with Gasteiger partial charge in [0.15, 0.2) is 11.5 Å². The first kappa shape index (κ1) is 21.1. The minimum atomic E-state index is -3.80. The van der Waals surface area contributed by atoms with E-state index in [4.69, 9.17) is 19.7 Å². The predicted octanol–water partition coefficient (Wildman–Crippen LogP) is 4.06. The van der Waals surface area contributed by atoms with Crippen LogP contribution < -0.4 is 15.0 Å². The molecule has 0 bridgehead atoms. The van der Waals surface area contributed by atoms with Crippen molar-refractivity contribution in [1.29, 1.82) is 0 Å². The van der Waals surface area contributed by atoms with Crippen LogP contribution in [0, 0.1) is 29.1 Å². The van der Waals surface area contributed by atoms with E-state index >= 15 is 0 Å². The molecule has 1 aliphatic heterocycles. The highest BCUT2D eigenvalue weighted by molar-refractivity contribution is 7.70. The van der Waals surface area contributed by atoms with E-state index in [-0.39, 0.29) is 18.5 Å². The van der Waals surface area contributed by atoms with Crippen molar-refractivity contribution in [3.8, 4) is 17.2 Å². The van der Waals surface area contributed by atoms with Crippen molar-refractivity contribution in [3.63, 3.8) is 0 Å². The highest BCUT2D eigenvalue weighted by Crippen LogP contribution is 2.73. The molecule has 1 saturated heterocycles. The highest BCUT2D eigenvalue weighted by atomic mass is 31.2. The lowest BCUT2D eigenvalue weighted by Crippen LogP contribution is -2.36. The molecule has 1 aliphatic rings. The van der Waals surface area contributed by atoms with E-state index in [1.807, 2.05) is 0 Å². The summed E-state index contributed by atoms with van der Waals surface area (Å²) in [5.41, 5.74) is 5.75. The monoisotopic (exact) mass is 437 g/mol. The summed E-state index contributed by atoms with van der Waals surface area (Å²) in [7, 11) is -3.80. The normalized spacial score (nSPS) is 22.9. The molecule has 0 spiro atoms. The predicted molar refractivity (Wildman–Crippen MR) is 89.4 cm³/mol. The van der Waals surface area contributed by atoms with Gasteiger partial charge in [-0.1, -0.05) is 12.1 Å². The van der Waals surface area contributed by atoms with Crippen LogP contribution >= 0.6 is 7.37 Å². The summed E-state index contributed by atoms with van der Waals surface area (Å²) >= 11 is 0. The van der Waals surface area contributed by atoms with Gasteiger partial charge in [-0.3, -0.25) is 4.57 Å². The zero-order valence-corrected chi connectivity index (χ0v) is 15.6. The molecule has 0 aromatic heterocycles. The molecule has 0 saturated carbocycles. The Balaban J connectivity index is 1.93. The molecule has 1 unspecified atom stereocenters. The third-order valence-corrected chi connectivity index (χ3v) is 6.64. The largest absolute Gasteiger partial charge is 0.464 e. The first-order valence-electron chi connectivity index (χ1n) is 8.09. The SMILES string of the molecule is CCOC(=O)[C@@]1(N)CP1(=O)Oc1ccccc1Oc1c(F)c(F)c(F)c(F)c1F. The van der Waals surface area contributed by atoms with E-state index in [2.05, 4.69) is 0 Å². The number of carbonyl (C=O) groups excluding carboxylic acids is 1. The Hall–Kier alpha value is -2.65. The first-order valence-corrected chi connectivity index (χ1v) is 9.90. The van der Waals surface area contributed by atoms with Gasteiger partial charge in [-0.2, -0.15) is 8.78 Å². The molecule has 29 heavy (non-hydrogen) atoms. The fourth-order valence-corrected chi connectivity index (χ4v) is 4.49. The fraction of sp³-hybridized carbons (Fsp3) is 0.235. The van der Waals surface area contributed by atoms with Crippen molar-refractivity contribution < 1.29 is 45.3 Å². The summed E-state index contributed by atoms with van der Waals surface area (Å²) in [6.07, 6.45) is -0.365.